The number of hydrogen-bond acceptors (Lipinski definition) is 7. The van der Waals surface area contributed by atoms with Crippen molar-refractivity contribution in [2.45, 2.75) is 24.7 Å². The molecule has 0 atom stereocenters. The number of thiazole rings is 1. The average molecular weight is 500 g/mol. The maximum Gasteiger partial charge on any atom is 0.243 e. The van der Waals surface area contributed by atoms with Crippen LogP contribution in [0.4, 0.5) is 5.13 Å². The molecule has 1 amide bonds. The van der Waals surface area contributed by atoms with Crippen molar-refractivity contribution in [3.63, 3.8) is 0 Å². The van der Waals surface area contributed by atoms with Gasteiger partial charge in [-0.2, -0.15) is 4.31 Å². The minimum absolute atomic E-state index is 0.117. The SMILES string of the molecule is COc1ccc(S(=O)(=O)N2CCC(C(=O)Nc3nc(-c4ccccc4)c(C(C)=O)s3)CC2)cc1. The number of carbonyl (C=O) groups excluding carboxylic acids is 2. The van der Waals surface area contributed by atoms with E-state index < -0.39 is 10.0 Å². The van der Waals surface area contributed by atoms with Crippen molar-refractivity contribution in [2.24, 2.45) is 5.92 Å². The second-order valence-corrected chi connectivity index (χ2v) is 10.9. The lowest BCUT2D eigenvalue weighted by Crippen LogP contribution is -2.41. The molecule has 0 bridgehead atoms. The minimum Gasteiger partial charge on any atom is -0.497 e. The summed E-state index contributed by atoms with van der Waals surface area (Å²) in [5.41, 5.74) is 1.36. The smallest absolute Gasteiger partial charge is 0.243 e. The van der Waals surface area contributed by atoms with Crippen LogP contribution in [0.15, 0.2) is 59.5 Å². The molecule has 0 unspecified atom stereocenters. The molecule has 1 aliphatic heterocycles. The molecule has 0 saturated carbocycles. The van der Waals surface area contributed by atoms with Crippen LogP contribution < -0.4 is 10.1 Å². The number of nitrogens with zero attached hydrogens (tertiary/aromatic N) is 2. The molecule has 1 saturated heterocycles. The monoisotopic (exact) mass is 499 g/mol. The summed E-state index contributed by atoms with van der Waals surface area (Å²) < 4.78 is 32.4. The zero-order chi connectivity index (χ0) is 24.3. The van der Waals surface area contributed by atoms with Crippen LogP contribution >= 0.6 is 11.3 Å². The number of anilines is 1. The number of benzene rings is 2. The van der Waals surface area contributed by atoms with Gasteiger partial charge in [-0.1, -0.05) is 41.7 Å². The number of carbonyl (C=O) groups is 2. The number of piperidine rings is 1. The summed E-state index contributed by atoms with van der Waals surface area (Å²) in [6.07, 6.45) is 0.801. The van der Waals surface area contributed by atoms with Gasteiger partial charge in [0.15, 0.2) is 10.9 Å². The first-order valence-corrected chi connectivity index (χ1v) is 13.1. The van der Waals surface area contributed by atoms with E-state index in [2.05, 4.69) is 10.3 Å². The van der Waals surface area contributed by atoms with Crippen LogP contribution in [0.1, 0.15) is 29.4 Å². The molecule has 1 aliphatic rings. The van der Waals surface area contributed by atoms with E-state index in [0.717, 1.165) is 16.9 Å². The number of hydrogen-bond donors (Lipinski definition) is 1. The number of sulfonamides is 1. The molecule has 1 N–H and O–H groups in total. The van der Waals surface area contributed by atoms with Crippen molar-refractivity contribution in [3.05, 3.63) is 59.5 Å². The molecule has 2 heterocycles. The number of amides is 1. The van der Waals surface area contributed by atoms with Crippen molar-refractivity contribution in [1.29, 1.82) is 0 Å². The predicted molar refractivity (Wildman–Crippen MR) is 131 cm³/mol. The molecule has 2 aromatic carbocycles. The molecule has 34 heavy (non-hydrogen) atoms. The molecular weight excluding hydrogens is 474 g/mol. The van der Waals surface area contributed by atoms with Crippen LogP contribution in [0, 0.1) is 5.92 Å². The Bertz CT molecular complexity index is 1280. The quantitative estimate of drug-likeness (QED) is 0.492. The fourth-order valence-electron chi connectivity index (χ4n) is 3.87. The van der Waals surface area contributed by atoms with Gasteiger partial charge in [-0.05, 0) is 37.1 Å². The minimum atomic E-state index is -3.64. The Labute approximate surface area is 202 Å². The van der Waals surface area contributed by atoms with Gasteiger partial charge < -0.3 is 10.1 Å². The van der Waals surface area contributed by atoms with Crippen LogP contribution in [-0.2, 0) is 14.8 Å². The Kier molecular flexibility index (Phi) is 7.11. The lowest BCUT2D eigenvalue weighted by molar-refractivity contribution is -0.120. The normalized spacial score (nSPS) is 15.1. The van der Waals surface area contributed by atoms with Crippen LogP contribution in [0.5, 0.6) is 5.75 Å². The van der Waals surface area contributed by atoms with E-state index >= 15 is 0 Å². The highest BCUT2D eigenvalue weighted by molar-refractivity contribution is 7.89. The first kappa shape index (κ1) is 24.1. The lowest BCUT2D eigenvalue weighted by Gasteiger charge is -2.30. The molecule has 178 valence electrons. The zero-order valence-electron chi connectivity index (χ0n) is 18.9. The fourth-order valence-corrected chi connectivity index (χ4v) is 6.22. The largest absolute Gasteiger partial charge is 0.497 e. The van der Waals surface area contributed by atoms with Gasteiger partial charge in [-0.25, -0.2) is 13.4 Å². The Morgan fingerprint density at radius 3 is 2.29 bits per heavy atom. The lowest BCUT2D eigenvalue weighted by atomic mass is 9.97. The highest BCUT2D eigenvalue weighted by atomic mass is 32.2. The molecule has 0 spiro atoms. The summed E-state index contributed by atoms with van der Waals surface area (Å²) >= 11 is 1.15. The van der Waals surface area contributed by atoms with E-state index in [1.165, 1.54) is 30.5 Å². The number of nitrogens with one attached hydrogen (secondary N) is 1. The van der Waals surface area contributed by atoms with Gasteiger partial charge >= 0.3 is 0 Å². The van der Waals surface area contributed by atoms with Crippen LogP contribution in [0.3, 0.4) is 0 Å². The molecule has 10 heteroatoms. The van der Waals surface area contributed by atoms with Crippen molar-refractivity contribution in [1.82, 2.24) is 9.29 Å². The van der Waals surface area contributed by atoms with Gasteiger partial charge in [0.25, 0.3) is 0 Å². The fraction of sp³-hybridized carbons (Fsp3) is 0.292. The van der Waals surface area contributed by atoms with E-state index in [9.17, 15) is 18.0 Å². The summed E-state index contributed by atoms with van der Waals surface area (Å²) in [6, 6.07) is 15.6. The maximum atomic E-state index is 12.9. The molecule has 4 rings (SSSR count). The second-order valence-electron chi connectivity index (χ2n) is 7.96. The molecule has 1 aromatic heterocycles. The number of methoxy groups -OCH3 is 1. The highest BCUT2D eigenvalue weighted by Crippen LogP contribution is 2.32. The van der Waals surface area contributed by atoms with Crippen molar-refractivity contribution < 1.29 is 22.7 Å². The van der Waals surface area contributed by atoms with Crippen LogP contribution in [0.2, 0.25) is 0 Å². The first-order valence-electron chi connectivity index (χ1n) is 10.8. The van der Waals surface area contributed by atoms with Crippen molar-refractivity contribution in [2.75, 3.05) is 25.5 Å². The molecular formula is C24H25N3O5S2. The molecule has 8 nitrogen and oxygen atoms in total. The zero-order valence-corrected chi connectivity index (χ0v) is 20.5. The number of rotatable bonds is 7. The molecule has 1 fully saturated rings. The molecule has 0 radical (unpaired) electrons. The van der Waals surface area contributed by atoms with Crippen molar-refractivity contribution in [3.8, 4) is 17.0 Å². The Morgan fingerprint density at radius 2 is 1.71 bits per heavy atom. The van der Waals surface area contributed by atoms with E-state index in [1.807, 2.05) is 30.3 Å². The Morgan fingerprint density at radius 1 is 1.06 bits per heavy atom. The maximum absolute atomic E-state index is 12.9. The standard InChI is InChI=1S/C24H25N3O5S2/c1-16(28)22-21(17-6-4-3-5-7-17)25-24(33-22)26-23(29)18-12-14-27(15-13-18)34(30,31)20-10-8-19(32-2)9-11-20/h3-11,18H,12-15H2,1-2H3,(H,25,26,29). The van der Waals surface area contributed by atoms with E-state index in [1.54, 1.807) is 12.1 Å². The summed E-state index contributed by atoms with van der Waals surface area (Å²) in [5.74, 6) is -0.0918. The van der Waals surface area contributed by atoms with Gasteiger partial charge in [0, 0.05) is 31.5 Å². The second kappa shape index (κ2) is 10.0. The molecule has 3 aromatic rings. The van der Waals surface area contributed by atoms with Gasteiger partial charge in [0.05, 0.1) is 22.6 Å². The first-order chi connectivity index (χ1) is 16.3. The van der Waals surface area contributed by atoms with Crippen molar-refractivity contribution >= 4 is 38.2 Å². The van der Waals surface area contributed by atoms with Crippen LogP contribution in [-0.4, -0.2) is 49.6 Å². The van der Waals surface area contributed by atoms with E-state index in [0.29, 0.717) is 34.3 Å². The Balaban J connectivity index is 1.42. The van der Waals surface area contributed by atoms with Gasteiger partial charge in [0.2, 0.25) is 15.9 Å². The summed E-state index contributed by atoms with van der Waals surface area (Å²) in [4.78, 5) is 30.2. The number of Topliss-reactive ketones (excluding diaryl/α,β-unsaturated/α-hetero) is 1. The summed E-state index contributed by atoms with van der Waals surface area (Å²) in [6.45, 7) is 1.97. The summed E-state index contributed by atoms with van der Waals surface area (Å²) in [7, 11) is -2.12. The molecule has 0 aliphatic carbocycles. The topological polar surface area (TPSA) is 106 Å². The number of ketones is 1. The summed E-state index contributed by atoms with van der Waals surface area (Å²) in [5, 5.41) is 3.19. The van der Waals surface area contributed by atoms with Gasteiger partial charge in [0.1, 0.15) is 5.75 Å². The number of aromatic nitrogens is 1. The average Bonchev–Trinajstić information content (AvgIpc) is 3.29. The third kappa shape index (κ3) is 5.03. The van der Waals surface area contributed by atoms with Gasteiger partial charge in [-0.3, -0.25) is 9.59 Å². The van der Waals surface area contributed by atoms with E-state index in [4.69, 9.17) is 4.74 Å². The van der Waals surface area contributed by atoms with Crippen LogP contribution in [0.25, 0.3) is 11.3 Å². The predicted octanol–water partition coefficient (Wildman–Crippen LogP) is 4.06. The number of ether oxygens (including phenoxy) is 1. The third-order valence-corrected chi connectivity index (χ3v) is 8.73. The van der Waals surface area contributed by atoms with E-state index in [-0.39, 0.29) is 35.6 Å². The Hall–Kier alpha value is -3.08. The highest BCUT2D eigenvalue weighted by Gasteiger charge is 2.32. The van der Waals surface area contributed by atoms with Gasteiger partial charge in [-0.15, -0.1) is 0 Å². The third-order valence-electron chi connectivity index (χ3n) is 5.75.